The number of benzene rings is 1. The number of para-hydroxylation sites is 1. The molecule has 108 valence electrons. The van der Waals surface area contributed by atoms with Crippen LogP contribution >= 0.6 is 0 Å². The Kier molecular flexibility index (Phi) is 5.27. The van der Waals surface area contributed by atoms with Crippen LogP contribution in [0.2, 0.25) is 0 Å². The van der Waals surface area contributed by atoms with E-state index in [2.05, 4.69) is 0 Å². The summed E-state index contributed by atoms with van der Waals surface area (Å²) in [5.74, 6) is -0.249. The molecule has 0 saturated carbocycles. The molecule has 1 aromatic rings. The van der Waals surface area contributed by atoms with Gasteiger partial charge in [0.1, 0.15) is 4.90 Å². The number of ether oxygens (including phenoxy) is 1. The molecule has 0 aliphatic heterocycles. The molecule has 0 heterocycles. The second-order valence-corrected chi connectivity index (χ2v) is 6.86. The molecule has 0 atom stereocenters. The lowest BCUT2D eigenvalue weighted by Crippen LogP contribution is -2.19. The third-order valence-electron chi connectivity index (χ3n) is 2.18. The lowest BCUT2D eigenvalue weighted by Gasteiger charge is -2.10. The van der Waals surface area contributed by atoms with Crippen LogP contribution in [-0.4, -0.2) is 36.3 Å². The second-order valence-electron chi connectivity index (χ2n) is 3.70. The highest BCUT2D eigenvalue weighted by atomic mass is 32.3. The molecule has 0 unspecified atom stereocenters. The van der Waals surface area contributed by atoms with Crippen molar-refractivity contribution in [2.75, 3.05) is 24.2 Å². The summed E-state index contributed by atoms with van der Waals surface area (Å²) in [6.45, 7) is 0.254. The Morgan fingerprint density at radius 1 is 1.21 bits per heavy atom. The summed E-state index contributed by atoms with van der Waals surface area (Å²) >= 11 is 0. The number of hydrogen-bond acceptors (Lipinski definition) is 5. The van der Waals surface area contributed by atoms with E-state index in [0.29, 0.717) is 0 Å². The predicted octanol–water partition coefficient (Wildman–Crippen LogP) is 1.12. The van der Waals surface area contributed by atoms with Crippen molar-refractivity contribution in [3.8, 4) is 0 Å². The number of methoxy groups -OCH3 is 1. The zero-order chi connectivity index (χ0) is 14.5. The van der Waals surface area contributed by atoms with Gasteiger partial charge in [0.25, 0.3) is 0 Å². The standard InChI is InChI=1S/C10H14FNO5S2/c1-17-7-4-8-18(13,14)12-9-5-2-3-6-10(9)19(11,15)16/h2-3,5-6,12H,4,7-8H2,1H3. The summed E-state index contributed by atoms with van der Waals surface area (Å²) in [7, 11) is -7.30. The lowest BCUT2D eigenvalue weighted by molar-refractivity contribution is 0.199. The first-order chi connectivity index (χ1) is 8.76. The summed E-state index contributed by atoms with van der Waals surface area (Å²) < 4.78 is 64.8. The average Bonchev–Trinajstić information content (AvgIpc) is 2.27. The number of sulfonamides is 1. The van der Waals surface area contributed by atoms with Gasteiger partial charge in [0.15, 0.2) is 0 Å². The zero-order valence-electron chi connectivity index (χ0n) is 10.2. The van der Waals surface area contributed by atoms with E-state index in [-0.39, 0.29) is 24.5 Å². The minimum atomic E-state index is -4.98. The maximum atomic E-state index is 13.0. The summed E-state index contributed by atoms with van der Waals surface area (Å²) in [5.41, 5.74) is -0.303. The van der Waals surface area contributed by atoms with Gasteiger partial charge in [0, 0.05) is 13.7 Å². The van der Waals surface area contributed by atoms with Gasteiger partial charge in [-0.3, -0.25) is 4.72 Å². The van der Waals surface area contributed by atoms with Crippen LogP contribution in [-0.2, 0) is 25.0 Å². The molecule has 19 heavy (non-hydrogen) atoms. The maximum absolute atomic E-state index is 13.0. The van der Waals surface area contributed by atoms with Crippen LogP contribution in [0, 0.1) is 0 Å². The van der Waals surface area contributed by atoms with E-state index in [1.165, 1.54) is 25.3 Å². The number of nitrogens with one attached hydrogen (secondary N) is 1. The van der Waals surface area contributed by atoms with Gasteiger partial charge in [-0.15, -0.1) is 3.89 Å². The third kappa shape index (κ3) is 5.13. The van der Waals surface area contributed by atoms with Crippen LogP contribution in [0.1, 0.15) is 6.42 Å². The molecule has 0 radical (unpaired) electrons. The van der Waals surface area contributed by atoms with Crippen molar-refractivity contribution in [3.05, 3.63) is 24.3 Å². The van der Waals surface area contributed by atoms with Crippen molar-refractivity contribution in [2.45, 2.75) is 11.3 Å². The fraction of sp³-hybridized carbons (Fsp3) is 0.400. The van der Waals surface area contributed by atoms with Gasteiger partial charge in [-0.1, -0.05) is 12.1 Å². The van der Waals surface area contributed by atoms with Gasteiger partial charge in [-0.2, -0.15) is 8.42 Å². The third-order valence-corrected chi connectivity index (χ3v) is 4.42. The molecule has 0 fully saturated rings. The van der Waals surface area contributed by atoms with E-state index >= 15 is 0 Å². The van der Waals surface area contributed by atoms with Gasteiger partial charge < -0.3 is 4.74 Å². The van der Waals surface area contributed by atoms with Gasteiger partial charge in [-0.25, -0.2) is 8.42 Å². The molecular weight excluding hydrogens is 297 g/mol. The molecule has 9 heteroatoms. The average molecular weight is 311 g/mol. The van der Waals surface area contributed by atoms with Crippen LogP contribution in [0.15, 0.2) is 29.2 Å². The molecule has 0 saturated heterocycles. The van der Waals surface area contributed by atoms with Crippen LogP contribution in [0.3, 0.4) is 0 Å². The van der Waals surface area contributed by atoms with Crippen LogP contribution in [0.4, 0.5) is 9.57 Å². The Bertz CT molecular complexity index is 627. The molecule has 0 aromatic heterocycles. The molecule has 0 spiro atoms. The largest absolute Gasteiger partial charge is 0.385 e. The van der Waals surface area contributed by atoms with Gasteiger partial charge >= 0.3 is 10.2 Å². The summed E-state index contributed by atoms with van der Waals surface area (Å²) in [6.07, 6.45) is 0.246. The van der Waals surface area contributed by atoms with E-state index in [9.17, 15) is 20.7 Å². The fourth-order valence-corrected chi connectivity index (χ4v) is 3.18. The van der Waals surface area contributed by atoms with Gasteiger partial charge in [0.2, 0.25) is 10.0 Å². The SMILES string of the molecule is COCCCS(=O)(=O)Nc1ccccc1S(=O)(=O)F. The molecule has 1 N–H and O–H groups in total. The number of rotatable bonds is 7. The minimum Gasteiger partial charge on any atom is -0.385 e. The monoisotopic (exact) mass is 311 g/mol. The first-order valence-electron chi connectivity index (χ1n) is 5.29. The molecule has 0 aliphatic rings. The molecule has 0 aliphatic carbocycles. The van der Waals surface area contributed by atoms with Crippen molar-refractivity contribution in [1.29, 1.82) is 0 Å². The maximum Gasteiger partial charge on any atom is 0.334 e. The van der Waals surface area contributed by atoms with Crippen LogP contribution < -0.4 is 4.72 Å². The summed E-state index contributed by atoms with van der Waals surface area (Å²) in [6, 6.07) is 4.87. The highest BCUT2D eigenvalue weighted by Crippen LogP contribution is 2.23. The normalized spacial score (nSPS) is 12.3. The zero-order valence-corrected chi connectivity index (χ0v) is 11.8. The van der Waals surface area contributed by atoms with Crippen molar-refractivity contribution in [3.63, 3.8) is 0 Å². The Morgan fingerprint density at radius 2 is 1.84 bits per heavy atom. The number of halogens is 1. The first-order valence-corrected chi connectivity index (χ1v) is 8.33. The van der Waals surface area contributed by atoms with Gasteiger partial charge in [-0.05, 0) is 18.6 Å². The molecular formula is C10H14FNO5S2. The molecule has 0 bridgehead atoms. The molecule has 1 rings (SSSR count). The minimum absolute atomic E-state index is 0.246. The Hall–Kier alpha value is -1.19. The summed E-state index contributed by atoms with van der Waals surface area (Å²) in [4.78, 5) is -0.703. The number of hydrogen-bond donors (Lipinski definition) is 1. The smallest absolute Gasteiger partial charge is 0.334 e. The van der Waals surface area contributed by atoms with Crippen molar-refractivity contribution >= 4 is 25.9 Å². The fourth-order valence-electron chi connectivity index (χ4n) is 1.38. The molecule has 1 aromatic carbocycles. The van der Waals surface area contributed by atoms with E-state index in [4.69, 9.17) is 4.74 Å². The molecule has 6 nitrogen and oxygen atoms in total. The topological polar surface area (TPSA) is 89.5 Å². The predicted molar refractivity (Wildman–Crippen MR) is 68.6 cm³/mol. The highest BCUT2D eigenvalue weighted by molar-refractivity contribution is 7.92. The lowest BCUT2D eigenvalue weighted by atomic mass is 10.3. The number of anilines is 1. The summed E-state index contributed by atoms with van der Waals surface area (Å²) in [5, 5.41) is 0. The Labute approximate surface area is 111 Å². The van der Waals surface area contributed by atoms with E-state index in [1.807, 2.05) is 4.72 Å². The van der Waals surface area contributed by atoms with Gasteiger partial charge in [0.05, 0.1) is 11.4 Å². The van der Waals surface area contributed by atoms with E-state index in [1.54, 1.807) is 0 Å². The van der Waals surface area contributed by atoms with Crippen LogP contribution in [0.25, 0.3) is 0 Å². The Balaban J connectivity index is 2.94. The Morgan fingerprint density at radius 3 is 2.42 bits per heavy atom. The van der Waals surface area contributed by atoms with Crippen molar-refractivity contribution < 1.29 is 25.5 Å². The van der Waals surface area contributed by atoms with Crippen molar-refractivity contribution in [1.82, 2.24) is 0 Å². The van der Waals surface area contributed by atoms with E-state index in [0.717, 1.165) is 6.07 Å². The van der Waals surface area contributed by atoms with Crippen molar-refractivity contribution in [2.24, 2.45) is 0 Å². The molecule has 0 amide bonds. The highest BCUT2D eigenvalue weighted by Gasteiger charge is 2.20. The quantitative estimate of drug-likeness (QED) is 0.602. The second kappa shape index (κ2) is 6.31. The first kappa shape index (κ1) is 15.9. The van der Waals surface area contributed by atoms with E-state index < -0.39 is 25.1 Å². The van der Waals surface area contributed by atoms with Crippen LogP contribution in [0.5, 0.6) is 0 Å².